The largest absolute Gasteiger partial charge is 3.00 e. The summed E-state index contributed by atoms with van der Waals surface area (Å²) < 4.78 is 62.8. The molecule has 46 heavy (non-hydrogen) atoms. The molecular weight excluding hydrogens is 757 g/mol. The first-order valence-electron chi connectivity index (χ1n) is 18.9. The van der Waals surface area contributed by atoms with Gasteiger partial charge < -0.3 is 10.4 Å². The number of aromatic nitrogens is 1. The first-order valence-corrected chi connectivity index (χ1v) is 15.9. The molecule has 0 saturated heterocycles. The second-order valence-corrected chi connectivity index (χ2v) is 13.3. The van der Waals surface area contributed by atoms with Gasteiger partial charge in [0.1, 0.15) is 0 Å². The van der Waals surface area contributed by atoms with Crippen molar-refractivity contribution in [2.75, 3.05) is 5.75 Å². The Hall–Kier alpha value is -3.30. The van der Waals surface area contributed by atoms with Crippen LogP contribution in [0.15, 0.2) is 102 Å². The Morgan fingerprint density at radius 1 is 1.09 bits per heavy atom. The van der Waals surface area contributed by atoms with Crippen molar-refractivity contribution >= 4 is 29.1 Å². The molecule has 1 aromatic heterocycles. The van der Waals surface area contributed by atoms with E-state index >= 15 is 0 Å². The molecule has 0 saturated carbocycles. The van der Waals surface area contributed by atoms with E-state index in [4.69, 9.17) is 11.0 Å². The van der Waals surface area contributed by atoms with Crippen molar-refractivity contribution in [1.82, 2.24) is 4.98 Å². The van der Waals surface area contributed by atoms with Crippen LogP contribution in [-0.2, 0) is 26.5 Å². The fourth-order valence-corrected chi connectivity index (χ4v) is 6.17. The molecule has 1 unspecified atom stereocenters. The Bertz CT molecular complexity index is 1990. The van der Waals surface area contributed by atoms with E-state index in [9.17, 15) is 5.41 Å². The van der Waals surface area contributed by atoms with E-state index in [0.717, 1.165) is 39.8 Å². The van der Waals surface area contributed by atoms with Crippen molar-refractivity contribution in [3.8, 4) is 11.3 Å². The standard InChI is InChI=1S/C23H25N.C19H20NS.Ir/c1-18(20-8-6-5-7-9-20)16-22(14-15-24)21-12-10-19(11-13-21)17-23(2,3)4;1-12-5-8-19(20-10-12)16-7-6-13(2)17(9-16)18-11-21-15(4)14(18)3;/h5-8,10-16H,17H2,1-4H3;5-6,8-10,18H,11H2,1-4H3;/q-2;-1;+3/b18-16+,22-14+;;/i17D2;1D3,2D3;. The van der Waals surface area contributed by atoms with Crippen LogP contribution in [0.2, 0.25) is 0 Å². The molecule has 0 spiro atoms. The van der Waals surface area contributed by atoms with Gasteiger partial charge >= 0.3 is 20.1 Å². The van der Waals surface area contributed by atoms with Crippen LogP contribution in [0.3, 0.4) is 0 Å². The van der Waals surface area contributed by atoms with Crippen LogP contribution in [0, 0.1) is 31.3 Å². The van der Waals surface area contributed by atoms with E-state index in [1.165, 1.54) is 28.8 Å². The van der Waals surface area contributed by atoms with Gasteiger partial charge in [-0.2, -0.15) is 6.21 Å². The Morgan fingerprint density at radius 2 is 1.87 bits per heavy atom. The van der Waals surface area contributed by atoms with Crippen LogP contribution >= 0.6 is 11.8 Å². The monoisotopic (exact) mass is 810 g/mol. The maximum Gasteiger partial charge on any atom is 3.00 e. The van der Waals surface area contributed by atoms with Crippen molar-refractivity contribution in [3.05, 3.63) is 153 Å². The van der Waals surface area contributed by atoms with Gasteiger partial charge in [0.15, 0.2) is 0 Å². The Morgan fingerprint density at radius 3 is 2.43 bits per heavy atom. The van der Waals surface area contributed by atoms with E-state index in [1.54, 1.807) is 23.9 Å². The average Bonchev–Trinajstić information content (AvgIpc) is 3.44. The van der Waals surface area contributed by atoms with Crippen molar-refractivity contribution < 1.29 is 31.1 Å². The van der Waals surface area contributed by atoms with Crippen molar-refractivity contribution in [2.45, 2.75) is 67.5 Å². The molecule has 3 aromatic carbocycles. The SMILES string of the molecule is [2H]C([2H])([2H])c1ccc(-c2[c-]cc(C([2H])([2H])[2H])c(C3CSC(C)=C3C)c2)nc1.[2H]C([2H])(c1ccc(C(/C=C(\C)c2[c-]cccc2)=C/C=[N-])cc1)C(C)(C)C.[Ir+3]. The molecule has 0 bridgehead atoms. The van der Waals surface area contributed by atoms with E-state index in [0.29, 0.717) is 22.4 Å². The Labute approximate surface area is 306 Å². The summed E-state index contributed by atoms with van der Waals surface area (Å²) in [5.41, 5.74) is 7.64. The number of thioether (sulfide) groups is 1. The van der Waals surface area contributed by atoms with Gasteiger partial charge in [0.05, 0.1) is 0 Å². The molecule has 5 rings (SSSR count). The number of hydrogen-bond donors (Lipinski definition) is 0. The first kappa shape index (κ1) is 26.7. The van der Waals surface area contributed by atoms with Gasteiger partial charge in [-0.25, -0.2) is 0 Å². The summed E-state index contributed by atoms with van der Waals surface area (Å²) in [6.07, 6.45) is 4.57. The van der Waals surface area contributed by atoms with Gasteiger partial charge in [-0.1, -0.05) is 88.7 Å². The van der Waals surface area contributed by atoms with Crippen LogP contribution in [0.5, 0.6) is 0 Å². The number of hydrogen-bond acceptors (Lipinski definition) is 2. The third-order valence-corrected chi connectivity index (χ3v) is 8.69. The molecule has 0 amide bonds. The van der Waals surface area contributed by atoms with Crippen LogP contribution in [0.1, 0.15) is 91.8 Å². The molecule has 1 aliphatic rings. The zero-order chi connectivity index (χ0) is 39.4. The zero-order valence-corrected chi connectivity index (χ0v) is 30.4. The predicted octanol–water partition coefficient (Wildman–Crippen LogP) is 11.5. The summed E-state index contributed by atoms with van der Waals surface area (Å²) in [5, 5.41) is 9.27. The van der Waals surface area contributed by atoms with Gasteiger partial charge in [0, 0.05) is 22.9 Å². The van der Waals surface area contributed by atoms with Crippen LogP contribution < -0.4 is 0 Å². The third-order valence-electron chi connectivity index (χ3n) is 7.44. The first-order chi connectivity index (χ1) is 24.6. The maximum absolute atomic E-state index is 9.27. The van der Waals surface area contributed by atoms with Crippen LogP contribution in [0.25, 0.3) is 27.8 Å². The van der Waals surface area contributed by atoms with E-state index < -0.39 is 25.5 Å². The van der Waals surface area contributed by atoms with Gasteiger partial charge in [-0.15, -0.1) is 88.1 Å². The summed E-state index contributed by atoms with van der Waals surface area (Å²) in [6.45, 7) is 7.38. The molecule has 238 valence electrons. The van der Waals surface area contributed by atoms with Crippen LogP contribution in [0.4, 0.5) is 0 Å². The molecule has 2 heterocycles. The van der Waals surface area contributed by atoms with Gasteiger partial charge in [0.2, 0.25) is 0 Å². The van der Waals surface area contributed by atoms with E-state index in [-0.39, 0.29) is 31.6 Å². The molecule has 4 heteroatoms. The number of rotatable bonds is 7. The number of aryl methyl sites for hydroxylation is 2. The fourth-order valence-electron chi connectivity index (χ4n) is 4.95. The zero-order valence-electron chi connectivity index (χ0n) is 35.2. The minimum atomic E-state index is -2.22. The van der Waals surface area contributed by atoms with Gasteiger partial charge in [0.25, 0.3) is 0 Å². The van der Waals surface area contributed by atoms with Gasteiger partial charge in [-0.05, 0) is 71.3 Å². The molecule has 2 nitrogen and oxygen atoms in total. The summed E-state index contributed by atoms with van der Waals surface area (Å²) in [4.78, 5) is 5.49. The molecule has 1 aliphatic heterocycles. The molecule has 0 N–H and O–H groups in total. The third kappa shape index (κ3) is 10.4. The smallest absolute Gasteiger partial charge is 0.811 e. The molecule has 0 radical (unpaired) electrons. The van der Waals surface area contributed by atoms with Crippen molar-refractivity contribution in [3.63, 3.8) is 0 Å². The topological polar surface area (TPSA) is 35.2 Å². The number of pyridine rings is 1. The average molecular weight is 810 g/mol. The quantitative estimate of drug-likeness (QED) is 0.106. The maximum atomic E-state index is 9.27. The summed E-state index contributed by atoms with van der Waals surface area (Å²) in [5.74, 6) is 0.857. The number of allylic oxidation sites excluding steroid dienone is 6. The molecular formula is C42H45IrN2S. The van der Waals surface area contributed by atoms with E-state index in [1.807, 2.05) is 95.3 Å². The number of nitrogens with zero attached hydrogens (tertiary/aromatic N) is 2. The van der Waals surface area contributed by atoms with E-state index in [2.05, 4.69) is 24.0 Å². The van der Waals surface area contributed by atoms with Crippen molar-refractivity contribution in [1.29, 1.82) is 0 Å². The predicted molar refractivity (Wildman–Crippen MR) is 197 cm³/mol. The molecule has 4 aromatic rings. The second kappa shape index (κ2) is 17.0. The van der Waals surface area contributed by atoms with Crippen molar-refractivity contribution in [2.24, 2.45) is 5.41 Å². The van der Waals surface area contributed by atoms with Gasteiger partial charge in [-0.3, -0.25) is 0 Å². The summed E-state index contributed by atoms with van der Waals surface area (Å²) in [6, 6.07) is 28.0. The molecule has 1 atom stereocenters. The minimum Gasteiger partial charge on any atom is -0.811 e. The number of benzene rings is 3. The van der Waals surface area contributed by atoms with Crippen LogP contribution in [-0.4, -0.2) is 17.0 Å². The second-order valence-electron chi connectivity index (χ2n) is 12.1. The minimum absolute atomic E-state index is 0. The summed E-state index contributed by atoms with van der Waals surface area (Å²) in [7, 11) is 0. The Balaban J connectivity index is 0.000000285. The normalized spacial score (nSPS) is 18.6. The fraction of sp³-hybridized carbons (Fsp3) is 0.286. The Kier molecular flexibility index (Phi) is 9.89. The molecule has 0 fully saturated rings. The molecule has 0 aliphatic carbocycles. The summed E-state index contributed by atoms with van der Waals surface area (Å²) >= 11 is 1.74.